The molecular formula is C47H88O12S. The van der Waals surface area contributed by atoms with E-state index in [9.17, 15) is 28.5 Å². The Labute approximate surface area is 365 Å². The van der Waals surface area contributed by atoms with E-state index in [4.69, 9.17) is 23.5 Å². The second kappa shape index (κ2) is 39.2. The summed E-state index contributed by atoms with van der Waals surface area (Å²) in [6.07, 6.45) is 35.0. The summed E-state index contributed by atoms with van der Waals surface area (Å²) in [7, 11) is -5.06. The van der Waals surface area contributed by atoms with E-state index in [0.29, 0.717) is 13.0 Å². The zero-order chi connectivity index (χ0) is 43.9. The van der Waals surface area contributed by atoms with Crippen LogP contribution >= 0.6 is 0 Å². The molecule has 0 aromatic heterocycles. The second-order valence-electron chi connectivity index (χ2n) is 16.7. The Morgan fingerprint density at radius 1 is 0.633 bits per heavy atom. The number of aliphatic hydroxyl groups is 3. The fourth-order valence-electron chi connectivity index (χ4n) is 7.42. The minimum atomic E-state index is -5.06. The largest absolute Gasteiger partial charge is 0.457 e. The lowest BCUT2D eigenvalue weighted by Crippen LogP contribution is -2.60. The standard InChI is InChI=1S/C47H88O12S/c1-3-5-7-9-11-13-15-17-18-19-20-21-22-23-25-27-29-31-33-35-37-55-39-41(40-56-47-45(51)46(59-60(52,53)54)44(50)42(38-48)58-47)57-43(49)36-34-32-30-28-26-24-16-14-12-10-8-6-4-2/h8,10,14,16,41-42,44-48,50-51H,3-7,9,11-13,15,17-40H2,1-2H3,(H,52,53,54)/b10-8-,16-14-. The zero-order valence-corrected chi connectivity index (χ0v) is 38.6. The molecule has 0 spiro atoms. The van der Waals surface area contributed by atoms with Crippen LogP contribution in [0.25, 0.3) is 0 Å². The van der Waals surface area contributed by atoms with Crippen LogP contribution < -0.4 is 0 Å². The van der Waals surface area contributed by atoms with Gasteiger partial charge in [0, 0.05) is 13.0 Å². The number of hydrogen-bond donors (Lipinski definition) is 4. The molecule has 1 heterocycles. The summed E-state index contributed by atoms with van der Waals surface area (Å²) in [5.41, 5.74) is 0. The van der Waals surface area contributed by atoms with Gasteiger partial charge in [-0.2, -0.15) is 8.42 Å². The van der Waals surface area contributed by atoms with Crippen molar-refractivity contribution in [1.82, 2.24) is 0 Å². The van der Waals surface area contributed by atoms with Gasteiger partial charge in [0.15, 0.2) is 6.29 Å². The van der Waals surface area contributed by atoms with Gasteiger partial charge in [0.05, 0.1) is 19.8 Å². The lowest BCUT2D eigenvalue weighted by molar-refractivity contribution is -0.301. The molecule has 1 fully saturated rings. The van der Waals surface area contributed by atoms with Crippen molar-refractivity contribution < 1.29 is 56.2 Å². The van der Waals surface area contributed by atoms with Gasteiger partial charge in [0.1, 0.15) is 30.5 Å². The number of carbonyl (C=O) groups is 1. The van der Waals surface area contributed by atoms with Crippen molar-refractivity contribution in [2.24, 2.45) is 0 Å². The molecule has 1 aliphatic rings. The van der Waals surface area contributed by atoms with E-state index in [-0.39, 0.29) is 19.6 Å². The van der Waals surface area contributed by atoms with E-state index < -0.39 is 59.8 Å². The summed E-state index contributed by atoms with van der Waals surface area (Å²) in [6, 6.07) is 0. The van der Waals surface area contributed by atoms with Gasteiger partial charge in [0.25, 0.3) is 0 Å². The summed E-state index contributed by atoms with van der Waals surface area (Å²) in [6.45, 7) is 3.93. The molecule has 0 aromatic carbocycles. The molecule has 0 aliphatic carbocycles. The molecule has 0 amide bonds. The third kappa shape index (κ3) is 32.3. The third-order valence-corrected chi connectivity index (χ3v) is 11.5. The maximum absolute atomic E-state index is 12.8. The van der Waals surface area contributed by atoms with Gasteiger partial charge >= 0.3 is 16.4 Å². The molecule has 354 valence electrons. The average molecular weight is 877 g/mol. The lowest BCUT2D eigenvalue weighted by Gasteiger charge is -2.41. The number of aliphatic hydroxyl groups excluding tert-OH is 3. The maximum atomic E-state index is 12.8. The first-order valence-electron chi connectivity index (χ1n) is 24.1. The number of unbranched alkanes of at least 4 members (excludes halogenated alkanes) is 25. The summed E-state index contributed by atoms with van der Waals surface area (Å²) in [4.78, 5) is 12.8. The number of hydrogen-bond acceptors (Lipinski definition) is 11. The van der Waals surface area contributed by atoms with Crippen molar-refractivity contribution in [3.05, 3.63) is 24.3 Å². The first-order valence-corrected chi connectivity index (χ1v) is 25.5. The van der Waals surface area contributed by atoms with Crippen LogP contribution in [0.3, 0.4) is 0 Å². The molecule has 12 nitrogen and oxygen atoms in total. The van der Waals surface area contributed by atoms with Gasteiger partial charge in [-0.3, -0.25) is 9.35 Å². The Balaban J connectivity index is 2.36. The van der Waals surface area contributed by atoms with Crippen LogP contribution in [0.15, 0.2) is 24.3 Å². The average Bonchev–Trinajstić information content (AvgIpc) is 3.22. The number of ether oxygens (including phenoxy) is 4. The quantitative estimate of drug-likeness (QED) is 0.0198. The van der Waals surface area contributed by atoms with E-state index in [1.807, 2.05) is 0 Å². The van der Waals surface area contributed by atoms with Crippen molar-refractivity contribution in [1.29, 1.82) is 0 Å². The molecule has 0 aromatic rings. The van der Waals surface area contributed by atoms with Crippen molar-refractivity contribution in [2.45, 2.75) is 243 Å². The van der Waals surface area contributed by atoms with Gasteiger partial charge in [-0.15, -0.1) is 0 Å². The topological polar surface area (TPSA) is 178 Å². The van der Waals surface area contributed by atoms with Crippen LogP contribution in [0.4, 0.5) is 0 Å². The van der Waals surface area contributed by atoms with Crippen molar-refractivity contribution in [3.63, 3.8) is 0 Å². The van der Waals surface area contributed by atoms with Crippen LogP contribution in [0.1, 0.15) is 206 Å². The minimum absolute atomic E-state index is 0.0343. The van der Waals surface area contributed by atoms with Gasteiger partial charge in [-0.1, -0.05) is 186 Å². The molecule has 6 atom stereocenters. The molecule has 1 saturated heterocycles. The van der Waals surface area contributed by atoms with Crippen molar-refractivity contribution in [3.8, 4) is 0 Å². The first-order chi connectivity index (χ1) is 29.1. The zero-order valence-electron chi connectivity index (χ0n) is 37.8. The predicted molar refractivity (Wildman–Crippen MR) is 239 cm³/mol. The number of carbonyl (C=O) groups excluding carboxylic acids is 1. The van der Waals surface area contributed by atoms with Crippen LogP contribution in [0.5, 0.6) is 0 Å². The van der Waals surface area contributed by atoms with Gasteiger partial charge < -0.3 is 34.3 Å². The normalized spacial score (nSPS) is 20.4. The van der Waals surface area contributed by atoms with Crippen LogP contribution in [-0.2, 0) is 38.3 Å². The summed E-state index contributed by atoms with van der Waals surface area (Å²) in [5.74, 6) is -0.411. The van der Waals surface area contributed by atoms with E-state index in [1.54, 1.807) is 0 Å². The lowest BCUT2D eigenvalue weighted by atomic mass is 9.99. The van der Waals surface area contributed by atoms with Crippen molar-refractivity contribution in [2.75, 3.05) is 26.4 Å². The summed E-state index contributed by atoms with van der Waals surface area (Å²) >= 11 is 0. The van der Waals surface area contributed by atoms with E-state index >= 15 is 0 Å². The summed E-state index contributed by atoms with van der Waals surface area (Å²) in [5, 5.41) is 30.7. The van der Waals surface area contributed by atoms with E-state index in [1.165, 1.54) is 116 Å². The van der Waals surface area contributed by atoms with Crippen molar-refractivity contribution >= 4 is 16.4 Å². The molecular weight excluding hydrogens is 789 g/mol. The van der Waals surface area contributed by atoms with Crippen LogP contribution in [-0.4, -0.2) is 97.5 Å². The Kier molecular flexibility index (Phi) is 37.0. The highest BCUT2D eigenvalue weighted by atomic mass is 32.3. The van der Waals surface area contributed by atoms with Gasteiger partial charge in [-0.25, -0.2) is 4.18 Å². The molecule has 1 aliphatic heterocycles. The van der Waals surface area contributed by atoms with Gasteiger partial charge in [-0.05, 0) is 38.5 Å². The third-order valence-electron chi connectivity index (χ3n) is 11.1. The Hall–Kier alpha value is -1.42. The minimum Gasteiger partial charge on any atom is -0.457 e. The predicted octanol–water partition coefficient (Wildman–Crippen LogP) is 10.4. The number of esters is 1. The Bertz CT molecular complexity index is 1150. The number of rotatable bonds is 42. The SMILES string of the molecule is CCC/C=C\C/C=C\CCCCCCCC(=O)OC(COCCCCCCCCCCCCCCCCCCCCCC)COC1OC(CO)C(O)C(OS(=O)(=O)O)C1O. The van der Waals surface area contributed by atoms with E-state index in [0.717, 1.165) is 64.2 Å². The maximum Gasteiger partial charge on any atom is 0.397 e. The smallest absolute Gasteiger partial charge is 0.397 e. The fraction of sp³-hybridized carbons (Fsp3) is 0.894. The van der Waals surface area contributed by atoms with E-state index in [2.05, 4.69) is 42.3 Å². The molecule has 1 rings (SSSR count). The van der Waals surface area contributed by atoms with Crippen LogP contribution in [0, 0.1) is 0 Å². The Morgan fingerprint density at radius 3 is 1.65 bits per heavy atom. The first kappa shape index (κ1) is 56.6. The highest BCUT2D eigenvalue weighted by Gasteiger charge is 2.48. The second-order valence-corrected chi connectivity index (χ2v) is 17.8. The monoisotopic (exact) mass is 877 g/mol. The molecule has 13 heteroatoms. The molecule has 0 saturated carbocycles. The summed E-state index contributed by atoms with van der Waals surface area (Å²) < 4.78 is 59.1. The molecule has 60 heavy (non-hydrogen) atoms. The highest BCUT2D eigenvalue weighted by molar-refractivity contribution is 7.80. The number of allylic oxidation sites excluding steroid dienone is 4. The molecule has 4 N–H and O–H groups in total. The van der Waals surface area contributed by atoms with Gasteiger partial charge in [0.2, 0.25) is 0 Å². The Morgan fingerprint density at radius 2 is 1.13 bits per heavy atom. The molecule has 0 radical (unpaired) electrons. The molecule has 0 bridgehead atoms. The highest BCUT2D eigenvalue weighted by Crippen LogP contribution is 2.26. The fourth-order valence-corrected chi connectivity index (χ4v) is 7.93. The van der Waals surface area contributed by atoms with Crippen LogP contribution in [0.2, 0.25) is 0 Å². The molecule has 6 unspecified atom stereocenters.